The molecule has 138 valence electrons. The molecule has 7 nitrogen and oxygen atoms in total. The fourth-order valence-electron chi connectivity index (χ4n) is 2.83. The first-order valence-electron chi connectivity index (χ1n) is 7.74. The molecule has 0 unspecified atom stereocenters. The maximum atomic E-state index is 12.6. The number of hydrogen-bond donors (Lipinski definition) is 2. The number of β-lactam (4-membered cyclic amide) rings is 1. The van der Waals surface area contributed by atoms with Gasteiger partial charge in [0.25, 0.3) is 5.91 Å². The molecule has 27 heavy (non-hydrogen) atoms. The van der Waals surface area contributed by atoms with Crippen LogP contribution >= 0.6 is 47.1 Å². The normalized spacial score (nSPS) is 22.0. The van der Waals surface area contributed by atoms with Crippen molar-refractivity contribution in [2.45, 2.75) is 11.4 Å². The molecule has 2 atom stereocenters. The minimum Gasteiger partial charge on any atom is -0.338 e. The number of thioether (sulfide) groups is 1. The van der Waals surface area contributed by atoms with E-state index in [1.807, 2.05) is 16.8 Å². The summed E-state index contributed by atoms with van der Waals surface area (Å²) in [5.41, 5.74) is 3.37. The Balaban J connectivity index is 1.51. The van der Waals surface area contributed by atoms with E-state index in [0.29, 0.717) is 16.3 Å². The molecule has 2 aliphatic rings. The van der Waals surface area contributed by atoms with Crippen LogP contribution in [0.1, 0.15) is 10.6 Å². The van der Waals surface area contributed by atoms with Crippen LogP contribution in [-0.2, 0) is 14.4 Å². The molecule has 0 spiro atoms. The second-order valence-electron chi connectivity index (χ2n) is 5.66. The summed E-state index contributed by atoms with van der Waals surface area (Å²) in [5.74, 6) is -0.191. The minimum atomic E-state index is -0.673. The maximum Gasteiger partial charge on any atom is 0.253 e. The van der Waals surface area contributed by atoms with Gasteiger partial charge in [-0.3, -0.25) is 19.3 Å². The first kappa shape index (κ1) is 18.4. The number of thiophene rings is 1. The van der Waals surface area contributed by atoms with E-state index in [4.69, 9.17) is 0 Å². The summed E-state index contributed by atoms with van der Waals surface area (Å²) in [4.78, 5) is 38.2. The number of amides is 2. The molecule has 1 fully saturated rings. The Morgan fingerprint density at radius 2 is 2.26 bits per heavy atom. The molecule has 1 N–H and O–H groups in total. The summed E-state index contributed by atoms with van der Waals surface area (Å²) in [5, 5.41) is 14.1. The zero-order valence-corrected chi connectivity index (χ0v) is 16.9. The fraction of sp³-hybridized carbons (Fsp3) is 0.188. The van der Waals surface area contributed by atoms with Crippen LogP contribution in [0.15, 0.2) is 34.1 Å². The molecule has 2 aromatic rings. The minimum absolute atomic E-state index is 0.225. The van der Waals surface area contributed by atoms with Crippen molar-refractivity contribution in [3.05, 3.63) is 44.7 Å². The van der Waals surface area contributed by atoms with Gasteiger partial charge in [-0.25, -0.2) is 0 Å². The third-order valence-corrected chi connectivity index (χ3v) is 7.00. The van der Waals surface area contributed by atoms with Crippen molar-refractivity contribution in [3.8, 4) is 0 Å². The number of thiol groups is 1. The van der Waals surface area contributed by atoms with Crippen molar-refractivity contribution in [1.29, 1.82) is 0 Å². The number of fused-ring (bicyclic) bond motifs is 1. The molecular weight excluding hydrogens is 424 g/mol. The van der Waals surface area contributed by atoms with Gasteiger partial charge in [0.05, 0.1) is 0 Å². The van der Waals surface area contributed by atoms with Gasteiger partial charge >= 0.3 is 0 Å². The molecular formula is C16H12N4O3S4. The average Bonchev–Trinajstić information content (AvgIpc) is 3.36. The zero-order valence-electron chi connectivity index (χ0n) is 13.6. The van der Waals surface area contributed by atoms with Gasteiger partial charge in [0.1, 0.15) is 27.6 Å². The van der Waals surface area contributed by atoms with Gasteiger partial charge in [-0.2, -0.15) is 11.3 Å². The van der Waals surface area contributed by atoms with Crippen LogP contribution in [-0.4, -0.2) is 49.2 Å². The van der Waals surface area contributed by atoms with Crippen LogP contribution in [0.25, 0.3) is 11.6 Å². The van der Waals surface area contributed by atoms with Gasteiger partial charge in [-0.05, 0) is 28.5 Å². The van der Waals surface area contributed by atoms with Crippen molar-refractivity contribution in [2.24, 2.45) is 0 Å². The number of nitrogens with zero attached hydrogens (tertiary/aromatic N) is 3. The summed E-state index contributed by atoms with van der Waals surface area (Å²) >= 11 is 8.24. The van der Waals surface area contributed by atoms with E-state index in [-0.39, 0.29) is 22.9 Å². The number of nitrogens with one attached hydrogen (secondary N) is 1. The lowest BCUT2D eigenvalue weighted by molar-refractivity contribution is -0.146. The molecule has 0 bridgehead atoms. The van der Waals surface area contributed by atoms with Crippen molar-refractivity contribution >= 4 is 75.6 Å². The van der Waals surface area contributed by atoms with E-state index in [1.54, 1.807) is 11.6 Å². The number of aromatic nitrogens is 2. The summed E-state index contributed by atoms with van der Waals surface area (Å²) in [7, 11) is 0. The average molecular weight is 437 g/mol. The predicted molar refractivity (Wildman–Crippen MR) is 109 cm³/mol. The summed E-state index contributed by atoms with van der Waals surface area (Å²) in [6.45, 7) is 0. The van der Waals surface area contributed by atoms with Gasteiger partial charge in [0.2, 0.25) is 11.0 Å². The fourth-order valence-corrected chi connectivity index (χ4v) is 5.74. The Bertz CT molecular complexity index is 952. The third kappa shape index (κ3) is 3.47. The maximum absolute atomic E-state index is 12.6. The highest BCUT2D eigenvalue weighted by atomic mass is 32.2. The number of hydrogen-bond acceptors (Lipinski definition) is 8. The van der Waals surface area contributed by atoms with Crippen LogP contribution < -0.4 is 5.32 Å². The Labute approximate surface area is 172 Å². The molecule has 0 radical (unpaired) electrons. The molecule has 1 saturated heterocycles. The molecule has 0 aliphatic carbocycles. The molecule has 0 aromatic carbocycles. The van der Waals surface area contributed by atoms with Gasteiger partial charge in [-0.1, -0.05) is 12.6 Å². The Hall–Kier alpha value is -1.95. The van der Waals surface area contributed by atoms with Crippen molar-refractivity contribution in [1.82, 2.24) is 20.4 Å². The van der Waals surface area contributed by atoms with Crippen molar-refractivity contribution in [3.63, 3.8) is 0 Å². The molecule has 2 aliphatic heterocycles. The highest BCUT2D eigenvalue weighted by molar-refractivity contribution is 8.00. The second kappa shape index (κ2) is 7.58. The van der Waals surface area contributed by atoms with Crippen LogP contribution in [0.3, 0.4) is 0 Å². The van der Waals surface area contributed by atoms with Crippen molar-refractivity contribution < 1.29 is 14.4 Å². The van der Waals surface area contributed by atoms with E-state index >= 15 is 0 Å². The Morgan fingerprint density at radius 1 is 1.41 bits per heavy atom. The molecule has 11 heteroatoms. The lowest BCUT2D eigenvalue weighted by atomic mass is 10.0. The van der Waals surface area contributed by atoms with Gasteiger partial charge in [-0.15, -0.1) is 33.3 Å². The summed E-state index contributed by atoms with van der Waals surface area (Å²) in [6.07, 6.45) is 3.09. The highest BCUT2D eigenvalue weighted by Crippen LogP contribution is 2.43. The molecule has 4 rings (SSSR count). The van der Waals surface area contributed by atoms with Crippen LogP contribution in [0.4, 0.5) is 0 Å². The van der Waals surface area contributed by atoms with Crippen LogP contribution in [0, 0.1) is 0 Å². The van der Waals surface area contributed by atoms with E-state index in [0.717, 1.165) is 5.56 Å². The second-order valence-corrected chi connectivity index (χ2v) is 8.79. The van der Waals surface area contributed by atoms with Gasteiger partial charge in [0, 0.05) is 17.4 Å². The van der Waals surface area contributed by atoms with E-state index < -0.39 is 11.2 Å². The lowest BCUT2D eigenvalue weighted by Gasteiger charge is -2.49. The Kier molecular flexibility index (Phi) is 5.17. The first-order valence-corrected chi connectivity index (χ1v) is 11.1. The van der Waals surface area contributed by atoms with Crippen molar-refractivity contribution in [2.75, 3.05) is 5.75 Å². The van der Waals surface area contributed by atoms with Crippen LogP contribution in [0.2, 0.25) is 0 Å². The molecule has 0 saturated carbocycles. The summed E-state index contributed by atoms with van der Waals surface area (Å²) < 4.78 is 0. The Morgan fingerprint density at radius 3 is 2.93 bits per heavy atom. The molecule has 2 aromatic heterocycles. The highest BCUT2D eigenvalue weighted by Gasteiger charge is 2.53. The zero-order chi connectivity index (χ0) is 19.0. The largest absolute Gasteiger partial charge is 0.338 e. The first-order chi connectivity index (χ1) is 13.1. The van der Waals surface area contributed by atoms with E-state index in [1.165, 1.54) is 45.4 Å². The summed E-state index contributed by atoms with van der Waals surface area (Å²) in [6, 6.07) is 1.22. The lowest BCUT2D eigenvalue weighted by Crippen LogP contribution is -2.70. The standard InChI is InChI=1S/C16H12N4O3S4/c21-10(2-1-8-3-4-25-5-8)18-11-14(22)20-12(16(23)24)9(6-26-15(11)20)13-19-17-7-27-13/h1-5,7,11,15H,6H2,(H,18,21)(H,23,24)/t11-,15-/m1/s1. The number of carbonyl (C=O) groups is 3. The van der Waals surface area contributed by atoms with Gasteiger partial charge < -0.3 is 5.32 Å². The van der Waals surface area contributed by atoms with E-state index in [2.05, 4.69) is 28.1 Å². The van der Waals surface area contributed by atoms with Gasteiger partial charge in [0.15, 0.2) is 0 Å². The number of carbonyl (C=O) groups excluding carboxylic acids is 3. The molecule has 4 heterocycles. The quantitative estimate of drug-likeness (QED) is 0.422. The topological polar surface area (TPSA) is 92.3 Å². The molecule has 2 amide bonds. The smallest absolute Gasteiger partial charge is 0.253 e. The predicted octanol–water partition coefficient (Wildman–Crippen LogP) is 1.88. The number of rotatable bonds is 5. The monoisotopic (exact) mass is 436 g/mol. The van der Waals surface area contributed by atoms with E-state index in [9.17, 15) is 14.4 Å². The third-order valence-electron chi connectivity index (χ3n) is 4.06. The van der Waals surface area contributed by atoms with Crippen LogP contribution in [0.5, 0.6) is 0 Å². The SMILES string of the molecule is O=C(C=Cc1ccsc1)N[C@@H]1C(=O)N2C(C(=O)S)=C(c3nncs3)CS[C@H]12.